The van der Waals surface area contributed by atoms with Gasteiger partial charge in [0, 0.05) is 29.8 Å². The van der Waals surface area contributed by atoms with Crippen molar-refractivity contribution in [3.63, 3.8) is 0 Å². The maximum Gasteiger partial charge on any atom is 0.340 e. The fourth-order valence-corrected chi connectivity index (χ4v) is 2.72. The number of non-ortho nitro benzene ring substituents is 1. The summed E-state index contributed by atoms with van der Waals surface area (Å²) >= 11 is 5.91. The Hall–Kier alpha value is -3.26. The second-order valence-electron chi connectivity index (χ2n) is 6.21. The summed E-state index contributed by atoms with van der Waals surface area (Å²) in [5.41, 5.74) is 0.517. The largest absolute Gasteiger partial charge is 0.451 e. The summed E-state index contributed by atoms with van der Waals surface area (Å²) in [6.45, 7) is 3.31. The van der Waals surface area contributed by atoms with Crippen molar-refractivity contribution in [2.45, 2.75) is 32.8 Å². The van der Waals surface area contributed by atoms with E-state index in [-0.39, 0.29) is 22.2 Å². The number of amides is 1. The third-order valence-corrected chi connectivity index (χ3v) is 4.28. The summed E-state index contributed by atoms with van der Waals surface area (Å²) in [4.78, 5) is 46.4. The number of ether oxygens (including phenoxy) is 1. The fourth-order valence-electron chi connectivity index (χ4n) is 2.46. The standard InChI is InChI=1S/C20H19ClN2O6/c1-3-4-18(24)22-14-7-5-13(6-8-14)19(25)12(2)29-20(26)16-10-9-15(23(27)28)11-17(16)21/h5-12H,3-4H2,1-2H3,(H,22,24)/t12-/m0/s1. The summed E-state index contributed by atoms with van der Waals surface area (Å²) in [5.74, 6) is -1.43. The number of halogens is 1. The van der Waals surface area contributed by atoms with Gasteiger partial charge in [-0.1, -0.05) is 18.5 Å². The summed E-state index contributed by atoms with van der Waals surface area (Å²) in [7, 11) is 0. The highest BCUT2D eigenvalue weighted by Crippen LogP contribution is 2.24. The van der Waals surface area contributed by atoms with Crippen LogP contribution in [0.2, 0.25) is 5.02 Å². The first-order valence-electron chi connectivity index (χ1n) is 8.82. The van der Waals surface area contributed by atoms with Crippen molar-refractivity contribution in [1.29, 1.82) is 0 Å². The third kappa shape index (κ3) is 5.86. The van der Waals surface area contributed by atoms with Crippen molar-refractivity contribution < 1.29 is 24.0 Å². The number of rotatable bonds is 8. The van der Waals surface area contributed by atoms with Crippen LogP contribution in [0.25, 0.3) is 0 Å². The zero-order valence-electron chi connectivity index (χ0n) is 15.8. The molecule has 1 N–H and O–H groups in total. The van der Waals surface area contributed by atoms with Crippen molar-refractivity contribution in [3.05, 3.63) is 68.7 Å². The predicted octanol–water partition coefficient (Wildman–Crippen LogP) is 4.42. The third-order valence-electron chi connectivity index (χ3n) is 3.97. The number of esters is 1. The highest BCUT2D eigenvalue weighted by Gasteiger charge is 2.23. The van der Waals surface area contributed by atoms with E-state index in [0.29, 0.717) is 17.7 Å². The number of carbonyl (C=O) groups is 3. The average molecular weight is 419 g/mol. The van der Waals surface area contributed by atoms with Gasteiger partial charge in [0.2, 0.25) is 11.7 Å². The Bertz CT molecular complexity index is 942. The summed E-state index contributed by atoms with van der Waals surface area (Å²) in [6.07, 6.45) is 0.0254. The summed E-state index contributed by atoms with van der Waals surface area (Å²) in [6, 6.07) is 9.55. The van der Waals surface area contributed by atoms with Crippen molar-refractivity contribution in [2.24, 2.45) is 0 Å². The van der Waals surface area contributed by atoms with E-state index < -0.39 is 22.8 Å². The zero-order valence-corrected chi connectivity index (χ0v) is 16.6. The van der Waals surface area contributed by atoms with E-state index in [1.807, 2.05) is 6.92 Å². The first-order valence-corrected chi connectivity index (χ1v) is 9.19. The molecule has 2 aromatic rings. The number of anilines is 1. The molecule has 0 aliphatic heterocycles. The van der Waals surface area contributed by atoms with Crippen molar-refractivity contribution in [2.75, 3.05) is 5.32 Å². The highest BCUT2D eigenvalue weighted by molar-refractivity contribution is 6.33. The molecular formula is C20H19ClN2O6. The van der Waals surface area contributed by atoms with Gasteiger partial charge in [0.25, 0.3) is 5.69 Å². The van der Waals surface area contributed by atoms with E-state index in [1.165, 1.54) is 25.1 Å². The van der Waals surface area contributed by atoms with Crippen LogP contribution < -0.4 is 5.32 Å². The first-order chi connectivity index (χ1) is 13.7. The molecule has 2 rings (SSSR count). The number of Topliss-reactive ketones (excluding diaryl/α,β-unsaturated/α-hetero) is 1. The van der Waals surface area contributed by atoms with Crippen molar-refractivity contribution in [3.8, 4) is 0 Å². The van der Waals surface area contributed by atoms with E-state index in [2.05, 4.69) is 5.32 Å². The monoisotopic (exact) mass is 418 g/mol. The molecule has 29 heavy (non-hydrogen) atoms. The molecule has 0 radical (unpaired) electrons. The van der Waals surface area contributed by atoms with Crippen LogP contribution in [0.4, 0.5) is 11.4 Å². The van der Waals surface area contributed by atoms with Gasteiger partial charge in [-0.3, -0.25) is 19.7 Å². The molecular weight excluding hydrogens is 400 g/mol. The molecule has 0 unspecified atom stereocenters. The lowest BCUT2D eigenvalue weighted by Gasteiger charge is -2.13. The van der Waals surface area contributed by atoms with Gasteiger partial charge in [-0.2, -0.15) is 0 Å². The van der Waals surface area contributed by atoms with Crippen LogP contribution >= 0.6 is 11.6 Å². The number of nitro benzene ring substituents is 1. The molecule has 0 aromatic heterocycles. The Morgan fingerprint density at radius 2 is 1.83 bits per heavy atom. The van der Waals surface area contributed by atoms with Crippen LogP contribution in [0.15, 0.2) is 42.5 Å². The summed E-state index contributed by atoms with van der Waals surface area (Å²) in [5, 5.41) is 13.3. The molecule has 0 bridgehead atoms. The van der Waals surface area contributed by atoms with Crippen LogP contribution in [0, 0.1) is 10.1 Å². The number of nitrogens with zero attached hydrogens (tertiary/aromatic N) is 1. The second kappa shape index (κ2) is 9.79. The van der Waals surface area contributed by atoms with Crippen LogP contribution in [0.3, 0.4) is 0 Å². The maximum atomic E-state index is 12.5. The summed E-state index contributed by atoms with van der Waals surface area (Å²) < 4.78 is 5.15. The van der Waals surface area contributed by atoms with E-state index >= 15 is 0 Å². The maximum absolute atomic E-state index is 12.5. The number of hydrogen-bond acceptors (Lipinski definition) is 6. The Morgan fingerprint density at radius 1 is 1.17 bits per heavy atom. The molecule has 0 saturated carbocycles. The number of ketones is 1. The number of nitro groups is 1. The number of benzene rings is 2. The highest BCUT2D eigenvalue weighted by atomic mass is 35.5. The van der Waals surface area contributed by atoms with Gasteiger partial charge in [0.05, 0.1) is 15.5 Å². The van der Waals surface area contributed by atoms with Gasteiger partial charge >= 0.3 is 5.97 Å². The Labute approximate surface area is 172 Å². The average Bonchev–Trinajstić information content (AvgIpc) is 2.67. The van der Waals surface area contributed by atoms with E-state index in [1.54, 1.807) is 12.1 Å². The minimum absolute atomic E-state index is 0.0779. The topological polar surface area (TPSA) is 116 Å². The molecule has 0 spiro atoms. The zero-order chi connectivity index (χ0) is 21.6. The molecule has 0 aliphatic rings. The minimum atomic E-state index is -1.10. The second-order valence-corrected chi connectivity index (χ2v) is 6.62. The van der Waals surface area contributed by atoms with Crippen molar-refractivity contribution >= 4 is 40.6 Å². The molecule has 0 fully saturated rings. The molecule has 0 saturated heterocycles. The molecule has 0 heterocycles. The predicted molar refractivity (Wildman–Crippen MR) is 107 cm³/mol. The van der Waals surface area contributed by atoms with Gasteiger partial charge in [-0.15, -0.1) is 0 Å². The quantitative estimate of drug-likeness (QED) is 0.293. The molecule has 2 aromatic carbocycles. The molecule has 9 heteroatoms. The van der Waals surface area contributed by atoms with Crippen LogP contribution in [-0.2, 0) is 9.53 Å². The fraction of sp³-hybridized carbons (Fsp3) is 0.250. The first kappa shape index (κ1) is 22.0. The molecule has 1 amide bonds. The van der Waals surface area contributed by atoms with Gasteiger partial charge in [0.15, 0.2) is 6.10 Å². The van der Waals surface area contributed by atoms with Gasteiger partial charge in [-0.25, -0.2) is 4.79 Å². The van der Waals surface area contributed by atoms with Crippen LogP contribution in [0.1, 0.15) is 47.4 Å². The van der Waals surface area contributed by atoms with Crippen molar-refractivity contribution in [1.82, 2.24) is 0 Å². The van der Waals surface area contributed by atoms with E-state index in [4.69, 9.17) is 16.3 Å². The minimum Gasteiger partial charge on any atom is -0.451 e. The van der Waals surface area contributed by atoms with E-state index in [0.717, 1.165) is 18.6 Å². The number of carbonyl (C=O) groups excluding carboxylic acids is 3. The van der Waals surface area contributed by atoms with Gasteiger partial charge < -0.3 is 10.1 Å². The van der Waals surface area contributed by atoms with Gasteiger partial charge in [0.1, 0.15) is 0 Å². The SMILES string of the molecule is CCCC(=O)Nc1ccc(C(=O)[C@H](C)OC(=O)c2ccc([N+](=O)[O-])cc2Cl)cc1. The lowest BCUT2D eigenvalue weighted by atomic mass is 10.1. The number of hydrogen-bond donors (Lipinski definition) is 1. The van der Waals surface area contributed by atoms with Crippen LogP contribution in [-0.4, -0.2) is 28.7 Å². The smallest absolute Gasteiger partial charge is 0.340 e. The lowest BCUT2D eigenvalue weighted by Crippen LogP contribution is -2.24. The van der Waals surface area contributed by atoms with Crippen LogP contribution in [0.5, 0.6) is 0 Å². The molecule has 1 atom stereocenters. The Balaban J connectivity index is 2.04. The van der Waals surface area contributed by atoms with Gasteiger partial charge in [-0.05, 0) is 43.7 Å². The molecule has 8 nitrogen and oxygen atoms in total. The number of nitrogens with one attached hydrogen (secondary N) is 1. The Morgan fingerprint density at radius 3 is 2.38 bits per heavy atom. The lowest BCUT2D eigenvalue weighted by molar-refractivity contribution is -0.384. The van der Waals surface area contributed by atoms with E-state index in [9.17, 15) is 24.5 Å². The normalized spacial score (nSPS) is 11.4. The molecule has 152 valence electrons. The Kier molecular flexibility index (Phi) is 7.44. The molecule has 0 aliphatic carbocycles.